The smallest absolute Gasteiger partial charge is 0.257 e. The Bertz CT molecular complexity index is 595. The minimum atomic E-state index is 0.0301. The maximum atomic E-state index is 12.7. The molecule has 0 aliphatic heterocycles. The Balaban J connectivity index is 2.08. The molecule has 2 aromatic rings. The maximum Gasteiger partial charge on any atom is 0.257 e. The van der Waals surface area contributed by atoms with Crippen LogP contribution in [0.1, 0.15) is 29.8 Å². The SMILES string of the molecule is CCOc1ccccc1C(=O)N(CC)CCc1ccccc1. The topological polar surface area (TPSA) is 29.5 Å². The molecule has 0 saturated heterocycles. The van der Waals surface area contributed by atoms with Crippen molar-refractivity contribution in [2.24, 2.45) is 0 Å². The number of hydrogen-bond donors (Lipinski definition) is 0. The van der Waals surface area contributed by atoms with Crippen LogP contribution in [0.3, 0.4) is 0 Å². The summed E-state index contributed by atoms with van der Waals surface area (Å²) in [5.74, 6) is 0.690. The molecule has 1 amide bonds. The largest absolute Gasteiger partial charge is 0.493 e. The van der Waals surface area contributed by atoms with Crippen LogP contribution in [0, 0.1) is 0 Å². The first-order chi connectivity index (χ1) is 10.8. The second-order valence-corrected chi connectivity index (χ2v) is 5.05. The number of para-hydroxylation sites is 1. The van der Waals surface area contributed by atoms with E-state index in [1.54, 1.807) is 0 Å². The lowest BCUT2D eigenvalue weighted by atomic mass is 10.1. The van der Waals surface area contributed by atoms with E-state index in [0.717, 1.165) is 6.42 Å². The molecule has 0 bridgehead atoms. The third kappa shape index (κ3) is 4.10. The zero-order chi connectivity index (χ0) is 15.8. The van der Waals surface area contributed by atoms with Gasteiger partial charge in [-0.05, 0) is 38.0 Å². The average molecular weight is 297 g/mol. The number of amides is 1. The van der Waals surface area contributed by atoms with Gasteiger partial charge in [-0.15, -0.1) is 0 Å². The van der Waals surface area contributed by atoms with Crippen molar-refractivity contribution in [3.63, 3.8) is 0 Å². The summed E-state index contributed by atoms with van der Waals surface area (Å²) in [5, 5.41) is 0. The van der Waals surface area contributed by atoms with Crippen molar-refractivity contribution in [2.75, 3.05) is 19.7 Å². The van der Waals surface area contributed by atoms with E-state index < -0.39 is 0 Å². The minimum absolute atomic E-state index is 0.0301. The minimum Gasteiger partial charge on any atom is -0.493 e. The van der Waals surface area contributed by atoms with Crippen molar-refractivity contribution in [1.82, 2.24) is 4.90 Å². The normalized spacial score (nSPS) is 10.3. The molecule has 0 fully saturated rings. The summed E-state index contributed by atoms with van der Waals surface area (Å²) in [7, 11) is 0. The number of carbonyl (C=O) groups is 1. The maximum absolute atomic E-state index is 12.7. The monoisotopic (exact) mass is 297 g/mol. The zero-order valence-electron chi connectivity index (χ0n) is 13.3. The summed E-state index contributed by atoms with van der Waals surface area (Å²) in [4.78, 5) is 14.6. The van der Waals surface area contributed by atoms with Gasteiger partial charge in [0, 0.05) is 13.1 Å². The van der Waals surface area contributed by atoms with Gasteiger partial charge in [-0.2, -0.15) is 0 Å². The van der Waals surface area contributed by atoms with Crippen LogP contribution in [-0.4, -0.2) is 30.5 Å². The van der Waals surface area contributed by atoms with Crippen LogP contribution in [0.5, 0.6) is 5.75 Å². The van der Waals surface area contributed by atoms with E-state index in [4.69, 9.17) is 4.74 Å². The second-order valence-electron chi connectivity index (χ2n) is 5.05. The van der Waals surface area contributed by atoms with E-state index >= 15 is 0 Å². The van der Waals surface area contributed by atoms with Gasteiger partial charge in [-0.25, -0.2) is 0 Å². The Kier molecular flexibility index (Phi) is 6.01. The molecule has 0 unspecified atom stereocenters. The van der Waals surface area contributed by atoms with Gasteiger partial charge in [-0.1, -0.05) is 42.5 Å². The lowest BCUT2D eigenvalue weighted by Crippen LogP contribution is -2.33. The molecule has 3 nitrogen and oxygen atoms in total. The van der Waals surface area contributed by atoms with Crippen LogP contribution < -0.4 is 4.74 Å². The van der Waals surface area contributed by atoms with E-state index in [9.17, 15) is 4.79 Å². The Hall–Kier alpha value is -2.29. The zero-order valence-corrected chi connectivity index (χ0v) is 13.3. The van der Waals surface area contributed by atoms with E-state index in [-0.39, 0.29) is 5.91 Å². The lowest BCUT2D eigenvalue weighted by Gasteiger charge is -2.22. The summed E-state index contributed by atoms with van der Waals surface area (Å²) in [6.07, 6.45) is 0.858. The van der Waals surface area contributed by atoms with Crippen molar-refractivity contribution in [3.05, 3.63) is 65.7 Å². The van der Waals surface area contributed by atoms with Gasteiger partial charge in [0.05, 0.1) is 12.2 Å². The first-order valence-corrected chi connectivity index (χ1v) is 7.81. The third-order valence-electron chi connectivity index (χ3n) is 3.60. The summed E-state index contributed by atoms with van der Waals surface area (Å²) in [6.45, 7) is 5.88. The first-order valence-electron chi connectivity index (χ1n) is 7.81. The van der Waals surface area contributed by atoms with Crippen molar-refractivity contribution in [2.45, 2.75) is 20.3 Å². The summed E-state index contributed by atoms with van der Waals surface area (Å²) in [6, 6.07) is 17.7. The number of nitrogens with zero attached hydrogens (tertiary/aromatic N) is 1. The van der Waals surface area contributed by atoms with Crippen LogP contribution >= 0.6 is 0 Å². The number of benzene rings is 2. The molecule has 2 aromatic carbocycles. The van der Waals surface area contributed by atoms with Gasteiger partial charge in [-0.3, -0.25) is 4.79 Å². The molecule has 0 N–H and O–H groups in total. The second kappa shape index (κ2) is 8.23. The number of rotatable bonds is 7. The Labute approximate surface area is 132 Å². The molecule has 0 aliphatic carbocycles. The number of ether oxygens (including phenoxy) is 1. The van der Waals surface area contributed by atoms with Gasteiger partial charge in [0.15, 0.2) is 0 Å². The molecule has 2 rings (SSSR count). The first kappa shape index (κ1) is 16.1. The predicted molar refractivity (Wildman–Crippen MR) is 89.3 cm³/mol. The van der Waals surface area contributed by atoms with Gasteiger partial charge in [0.1, 0.15) is 5.75 Å². The Morgan fingerprint density at radius 3 is 2.36 bits per heavy atom. The summed E-state index contributed by atoms with van der Waals surface area (Å²) in [5.41, 5.74) is 1.88. The molecule has 0 saturated carbocycles. The van der Waals surface area contributed by atoms with E-state index in [2.05, 4.69) is 12.1 Å². The Morgan fingerprint density at radius 2 is 1.68 bits per heavy atom. The molecular formula is C19H23NO2. The highest BCUT2D eigenvalue weighted by atomic mass is 16.5. The standard InChI is InChI=1S/C19H23NO2/c1-3-20(15-14-16-10-6-5-7-11-16)19(21)17-12-8-9-13-18(17)22-4-2/h5-13H,3-4,14-15H2,1-2H3. The molecule has 0 aromatic heterocycles. The summed E-state index contributed by atoms with van der Waals surface area (Å²) < 4.78 is 5.57. The average Bonchev–Trinajstić information content (AvgIpc) is 2.57. The highest BCUT2D eigenvalue weighted by Crippen LogP contribution is 2.20. The Morgan fingerprint density at radius 1 is 1.00 bits per heavy atom. The van der Waals surface area contributed by atoms with E-state index in [1.807, 2.05) is 61.2 Å². The molecule has 3 heteroatoms. The molecule has 22 heavy (non-hydrogen) atoms. The summed E-state index contributed by atoms with van der Waals surface area (Å²) >= 11 is 0. The van der Waals surface area contributed by atoms with E-state index in [0.29, 0.717) is 31.0 Å². The van der Waals surface area contributed by atoms with Gasteiger partial charge in [0.25, 0.3) is 5.91 Å². The predicted octanol–water partition coefficient (Wildman–Crippen LogP) is 3.79. The third-order valence-corrected chi connectivity index (χ3v) is 3.60. The fraction of sp³-hybridized carbons (Fsp3) is 0.316. The number of carbonyl (C=O) groups excluding carboxylic acids is 1. The molecule has 0 heterocycles. The van der Waals surface area contributed by atoms with Crippen molar-refractivity contribution in [1.29, 1.82) is 0 Å². The molecule has 0 aliphatic rings. The molecule has 0 atom stereocenters. The lowest BCUT2D eigenvalue weighted by molar-refractivity contribution is 0.0762. The van der Waals surface area contributed by atoms with Crippen LogP contribution in [0.2, 0.25) is 0 Å². The van der Waals surface area contributed by atoms with Crippen molar-refractivity contribution >= 4 is 5.91 Å². The number of hydrogen-bond acceptors (Lipinski definition) is 2. The molecule has 0 radical (unpaired) electrons. The van der Waals surface area contributed by atoms with Gasteiger partial charge in [0.2, 0.25) is 0 Å². The van der Waals surface area contributed by atoms with Crippen molar-refractivity contribution < 1.29 is 9.53 Å². The van der Waals surface area contributed by atoms with Crippen LogP contribution in [0.25, 0.3) is 0 Å². The highest BCUT2D eigenvalue weighted by Gasteiger charge is 2.17. The van der Waals surface area contributed by atoms with Crippen molar-refractivity contribution in [3.8, 4) is 5.75 Å². The molecular weight excluding hydrogens is 274 g/mol. The van der Waals surface area contributed by atoms with Crippen LogP contribution in [0.15, 0.2) is 54.6 Å². The fourth-order valence-corrected chi connectivity index (χ4v) is 2.41. The van der Waals surface area contributed by atoms with Crippen LogP contribution in [0.4, 0.5) is 0 Å². The van der Waals surface area contributed by atoms with E-state index in [1.165, 1.54) is 5.56 Å². The molecule has 0 spiro atoms. The van der Waals surface area contributed by atoms with Gasteiger partial charge < -0.3 is 9.64 Å². The van der Waals surface area contributed by atoms with Gasteiger partial charge >= 0.3 is 0 Å². The number of likely N-dealkylation sites (N-methyl/N-ethyl adjacent to an activating group) is 1. The van der Waals surface area contributed by atoms with Crippen LogP contribution in [-0.2, 0) is 6.42 Å². The fourth-order valence-electron chi connectivity index (χ4n) is 2.41. The molecule has 116 valence electrons. The quantitative estimate of drug-likeness (QED) is 0.778. The highest BCUT2D eigenvalue weighted by molar-refractivity contribution is 5.96.